The lowest BCUT2D eigenvalue weighted by molar-refractivity contribution is -0.387. The Hall–Kier alpha value is -2.19. The average molecular weight is 331 g/mol. The standard InChI is InChI=1S/C12H8ClFN2O4S/c13-8-5-6-10(9(14)7-8)15-21(19,20)12-4-2-1-3-11(12)16(17)18/h1-7,15H. The molecular formula is C12H8ClFN2O4S. The molecule has 0 amide bonds. The second-order valence-electron chi connectivity index (χ2n) is 3.95. The molecule has 0 unspecified atom stereocenters. The Morgan fingerprint density at radius 3 is 2.48 bits per heavy atom. The van der Waals surface area contributed by atoms with Crippen LogP contribution in [0.2, 0.25) is 5.02 Å². The van der Waals surface area contributed by atoms with Gasteiger partial charge in [0.1, 0.15) is 5.82 Å². The summed E-state index contributed by atoms with van der Waals surface area (Å²) in [5, 5.41) is 11.0. The van der Waals surface area contributed by atoms with Crippen molar-refractivity contribution in [2.45, 2.75) is 4.90 Å². The van der Waals surface area contributed by atoms with Gasteiger partial charge in [-0.2, -0.15) is 0 Å². The molecule has 0 aliphatic heterocycles. The molecule has 1 N–H and O–H groups in total. The van der Waals surface area contributed by atoms with E-state index < -0.39 is 31.3 Å². The zero-order valence-electron chi connectivity index (χ0n) is 10.3. The number of anilines is 1. The summed E-state index contributed by atoms with van der Waals surface area (Å²) in [5.41, 5.74) is -0.947. The molecule has 0 aliphatic carbocycles. The summed E-state index contributed by atoms with van der Waals surface area (Å²) in [6, 6.07) is 8.13. The molecule has 0 aliphatic rings. The summed E-state index contributed by atoms with van der Waals surface area (Å²) in [5.74, 6) is -0.885. The fourth-order valence-corrected chi connectivity index (χ4v) is 3.01. The van der Waals surface area contributed by atoms with Crippen LogP contribution in [-0.2, 0) is 10.0 Å². The van der Waals surface area contributed by atoms with Gasteiger partial charge in [-0.05, 0) is 24.3 Å². The van der Waals surface area contributed by atoms with Gasteiger partial charge < -0.3 is 0 Å². The first-order valence-electron chi connectivity index (χ1n) is 5.52. The predicted molar refractivity (Wildman–Crippen MR) is 75.3 cm³/mol. The van der Waals surface area contributed by atoms with Crippen LogP contribution in [0, 0.1) is 15.9 Å². The van der Waals surface area contributed by atoms with E-state index in [0.717, 1.165) is 24.3 Å². The predicted octanol–water partition coefficient (Wildman–Crippen LogP) is 3.19. The third-order valence-corrected chi connectivity index (χ3v) is 4.17. The molecular weight excluding hydrogens is 323 g/mol. The van der Waals surface area contributed by atoms with Crippen LogP contribution in [0.25, 0.3) is 0 Å². The number of hydrogen-bond donors (Lipinski definition) is 1. The molecule has 2 aromatic carbocycles. The molecule has 0 saturated carbocycles. The van der Waals surface area contributed by atoms with Gasteiger partial charge in [-0.25, -0.2) is 12.8 Å². The molecule has 2 rings (SSSR count). The van der Waals surface area contributed by atoms with Crippen LogP contribution in [0.1, 0.15) is 0 Å². The highest BCUT2D eigenvalue weighted by Gasteiger charge is 2.25. The third kappa shape index (κ3) is 3.29. The topological polar surface area (TPSA) is 89.3 Å². The molecule has 2 aromatic rings. The summed E-state index contributed by atoms with van der Waals surface area (Å²) < 4.78 is 39.9. The molecule has 0 spiro atoms. The van der Waals surface area contributed by atoms with E-state index in [0.29, 0.717) is 0 Å². The Kier molecular flexibility index (Phi) is 4.10. The van der Waals surface area contributed by atoms with Crippen LogP contribution in [0.5, 0.6) is 0 Å². The van der Waals surface area contributed by atoms with E-state index in [1.807, 2.05) is 4.72 Å². The van der Waals surface area contributed by atoms with Crippen molar-refractivity contribution in [1.82, 2.24) is 0 Å². The van der Waals surface area contributed by atoms with Gasteiger partial charge in [0.15, 0.2) is 4.90 Å². The number of nitro groups is 1. The molecule has 0 fully saturated rings. The van der Waals surface area contributed by atoms with Crippen molar-refractivity contribution in [3.8, 4) is 0 Å². The van der Waals surface area contributed by atoms with E-state index in [9.17, 15) is 22.9 Å². The number of benzene rings is 2. The smallest absolute Gasteiger partial charge is 0.276 e. The highest BCUT2D eigenvalue weighted by molar-refractivity contribution is 7.92. The van der Waals surface area contributed by atoms with Gasteiger partial charge in [0, 0.05) is 11.1 Å². The lowest BCUT2D eigenvalue weighted by Gasteiger charge is -2.09. The number of rotatable bonds is 4. The maximum atomic E-state index is 13.6. The molecule has 9 heteroatoms. The van der Waals surface area contributed by atoms with Gasteiger partial charge in [0.25, 0.3) is 15.7 Å². The first-order valence-corrected chi connectivity index (χ1v) is 7.38. The second-order valence-corrected chi connectivity index (χ2v) is 6.04. The molecule has 0 heterocycles. The number of nitro benzene ring substituents is 1. The summed E-state index contributed by atoms with van der Waals surface area (Å²) in [6.07, 6.45) is 0. The summed E-state index contributed by atoms with van der Waals surface area (Å²) in [6.45, 7) is 0. The minimum absolute atomic E-state index is 0.0983. The summed E-state index contributed by atoms with van der Waals surface area (Å²) >= 11 is 5.57. The van der Waals surface area contributed by atoms with Crippen LogP contribution in [-0.4, -0.2) is 13.3 Å². The molecule has 0 aromatic heterocycles. The minimum Gasteiger partial charge on any atom is -0.276 e. The van der Waals surface area contributed by atoms with Crippen molar-refractivity contribution in [1.29, 1.82) is 0 Å². The van der Waals surface area contributed by atoms with Gasteiger partial charge in [0.2, 0.25) is 0 Å². The van der Waals surface area contributed by atoms with Gasteiger partial charge in [0.05, 0.1) is 10.6 Å². The van der Waals surface area contributed by atoms with Crippen LogP contribution in [0.15, 0.2) is 47.4 Å². The summed E-state index contributed by atoms with van der Waals surface area (Å²) in [7, 11) is -4.30. The third-order valence-electron chi connectivity index (χ3n) is 2.53. The molecule has 21 heavy (non-hydrogen) atoms. The van der Waals surface area contributed by atoms with Crippen molar-refractivity contribution in [3.63, 3.8) is 0 Å². The quantitative estimate of drug-likeness (QED) is 0.688. The van der Waals surface area contributed by atoms with Gasteiger partial charge in [-0.1, -0.05) is 23.7 Å². The molecule has 0 radical (unpaired) electrons. The highest BCUT2D eigenvalue weighted by Crippen LogP contribution is 2.27. The monoisotopic (exact) mass is 330 g/mol. The Morgan fingerprint density at radius 1 is 1.19 bits per heavy atom. The fourth-order valence-electron chi connectivity index (χ4n) is 1.61. The zero-order chi connectivity index (χ0) is 15.6. The molecule has 0 atom stereocenters. The lowest BCUT2D eigenvalue weighted by atomic mass is 10.3. The van der Waals surface area contributed by atoms with Crippen molar-refractivity contribution in [2.24, 2.45) is 0 Å². The van der Waals surface area contributed by atoms with Crippen LogP contribution in [0.4, 0.5) is 15.8 Å². The Morgan fingerprint density at radius 2 is 1.86 bits per heavy atom. The minimum atomic E-state index is -4.30. The van der Waals surface area contributed by atoms with E-state index >= 15 is 0 Å². The van der Waals surface area contributed by atoms with Crippen molar-refractivity contribution in [3.05, 3.63) is 63.4 Å². The number of sulfonamides is 1. The SMILES string of the molecule is O=[N+]([O-])c1ccccc1S(=O)(=O)Nc1ccc(Cl)cc1F. The number of nitrogens with zero attached hydrogens (tertiary/aromatic N) is 1. The zero-order valence-corrected chi connectivity index (χ0v) is 11.9. The largest absolute Gasteiger partial charge is 0.289 e. The van der Waals surface area contributed by atoms with E-state index in [4.69, 9.17) is 11.6 Å². The van der Waals surface area contributed by atoms with Crippen molar-refractivity contribution < 1.29 is 17.7 Å². The normalized spacial score (nSPS) is 11.1. The Labute approximate surface area is 124 Å². The van der Waals surface area contributed by atoms with Gasteiger partial charge >= 0.3 is 0 Å². The first kappa shape index (κ1) is 15.2. The molecule has 6 nitrogen and oxygen atoms in total. The van der Waals surface area contributed by atoms with Crippen LogP contribution in [0.3, 0.4) is 0 Å². The fraction of sp³-hybridized carbons (Fsp3) is 0. The number of para-hydroxylation sites is 1. The van der Waals surface area contributed by atoms with E-state index in [-0.39, 0.29) is 10.7 Å². The first-order chi connectivity index (χ1) is 9.81. The Bertz CT molecular complexity index is 811. The van der Waals surface area contributed by atoms with Crippen molar-refractivity contribution in [2.75, 3.05) is 4.72 Å². The van der Waals surface area contributed by atoms with Gasteiger partial charge in [-0.15, -0.1) is 0 Å². The second kappa shape index (κ2) is 5.66. The van der Waals surface area contributed by atoms with E-state index in [2.05, 4.69) is 0 Å². The molecule has 110 valence electrons. The summed E-state index contributed by atoms with van der Waals surface area (Å²) in [4.78, 5) is 9.48. The lowest BCUT2D eigenvalue weighted by Crippen LogP contribution is -2.15. The number of hydrogen-bond acceptors (Lipinski definition) is 4. The number of halogens is 2. The maximum Gasteiger partial charge on any atom is 0.289 e. The molecule has 0 saturated heterocycles. The average Bonchev–Trinajstić information content (AvgIpc) is 2.42. The maximum absolute atomic E-state index is 13.6. The van der Waals surface area contributed by atoms with Crippen molar-refractivity contribution >= 4 is 33.0 Å². The van der Waals surface area contributed by atoms with E-state index in [1.54, 1.807) is 0 Å². The highest BCUT2D eigenvalue weighted by atomic mass is 35.5. The molecule has 0 bridgehead atoms. The Balaban J connectivity index is 2.46. The van der Waals surface area contributed by atoms with Crippen LogP contribution < -0.4 is 4.72 Å². The van der Waals surface area contributed by atoms with Crippen LogP contribution >= 0.6 is 11.6 Å². The van der Waals surface area contributed by atoms with E-state index in [1.165, 1.54) is 18.2 Å². The van der Waals surface area contributed by atoms with Gasteiger partial charge in [-0.3, -0.25) is 14.8 Å². The number of nitrogens with one attached hydrogen (secondary N) is 1.